The molecule has 1 fully saturated rings. The second kappa shape index (κ2) is 4.46. The number of ether oxygens (including phenoxy) is 1. The highest BCUT2D eigenvalue weighted by molar-refractivity contribution is 5.86. The van der Waals surface area contributed by atoms with E-state index in [0.717, 1.165) is 5.56 Å². The van der Waals surface area contributed by atoms with Crippen molar-refractivity contribution < 1.29 is 9.53 Å². The molecule has 0 saturated carbocycles. The molecule has 6 nitrogen and oxygen atoms in total. The fourth-order valence-corrected chi connectivity index (χ4v) is 2.03. The highest BCUT2D eigenvalue weighted by Gasteiger charge is 2.40. The van der Waals surface area contributed by atoms with E-state index in [1.165, 1.54) is 0 Å². The van der Waals surface area contributed by atoms with Gasteiger partial charge in [-0.25, -0.2) is 0 Å². The summed E-state index contributed by atoms with van der Waals surface area (Å²) in [6.07, 6.45) is 4.22. The van der Waals surface area contributed by atoms with Crippen LogP contribution >= 0.6 is 0 Å². The lowest BCUT2D eigenvalue weighted by Gasteiger charge is -2.27. The van der Waals surface area contributed by atoms with Gasteiger partial charge in [-0.05, 0) is 6.42 Å². The summed E-state index contributed by atoms with van der Waals surface area (Å²) in [5.41, 5.74) is 6.17. The Morgan fingerprint density at radius 2 is 2.53 bits per heavy atom. The van der Waals surface area contributed by atoms with Crippen molar-refractivity contribution in [2.75, 3.05) is 20.3 Å². The maximum Gasteiger partial charge on any atom is 0.245 e. The highest BCUT2D eigenvalue weighted by Crippen LogP contribution is 2.18. The Kier molecular flexibility index (Phi) is 3.17. The summed E-state index contributed by atoms with van der Waals surface area (Å²) in [5, 5.41) is 4.07. The third-order valence-electron chi connectivity index (χ3n) is 3.00. The second-order valence-corrected chi connectivity index (χ2v) is 4.64. The topological polar surface area (TPSA) is 73.4 Å². The van der Waals surface area contributed by atoms with E-state index in [9.17, 15) is 4.79 Å². The first kappa shape index (κ1) is 12.1. The molecule has 1 aromatic heterocycles. The van der Waals surface area contributed by atoms with Gasteiger partial charge in [-0.15, -0.1) is 0 Å². The van der Waals surface area contributed by atoms with Gasteiger partial charge in [0.1, 0.15) is 5.54 Å². The Labute approximate surface area is 100 Å². The van der Waals surface area contributed by atoms with Gasteiger partial charge in [0.2, 0.25) is 5.91 Å². The Bertz CT molecular complexity index is 409. The van der Waals surface area contributed by atoms with E-state index < -0.39 is 5.54 Å². The van der Waals surface area contributed by atoms with E-state index in [2.05, 4.69) is 5.10 Å². The van der Waals surface area contributed by atoms with E-state index in [1.807, 2.05) is 13.2 Å². The van der Waals surface area contributed by atoms with Gasteiger partial charge in [0.15, 0.2) is 0 Å². The molecule has 1 aliphatic heterocycles. The van der Waals surface area contributed by atoms with Crippen LogP contribution in [0.4, 0.5) is 0 Å². The van der Waals surface area contributed by atoms with Crippen LogP contribution in [0.5, 0.6) is 0 Å². The molecule has 1 unspecified atom stereocenters. The molecule has 94 valence electrons. The minimum Gasteiger partial charge on any atom is -0.379 e. The smallest absolute Gasteiger partial charge is 0.245 e. The molecular formula is C11H18N4O2. The van der Waals surface area contributed by atoms with Gasteiger partial charge in [0.05, 0.1) is 12.8 Å². The summed E-state index contributed by atoms with van der Waals surface area (Å²) in [6.45, 7) is 1.39. The fraction of sp³-hybridized carbons (Fsp3) is 0.636. The van der Waals surface area contributed by atoms with Crippen molar-refractivity contribution in [3.05, 3.63) is 18.0 Å². The number of nitrogens with zero attached hydrogens (tertiary/aromatic N) is 3. The molecule has 0 aromatic carbocycles. The molecule has 1 amide bonds. The molecule has 0 bridgehead atoms. The van der Waals surface area contributed by atoms with Gasteiger partial charge >= 0.3 is 0 Å². The lowest BCUT2D eigenvalue weighted by molar-refractivity contribution is -0.136. The first-order chi connectivity index (χ1) is 8.01. The average Bonchev–Trinajstić information content (AvgIpc) is 2.88. The van der Waals surface area contributed by atoms with Crippen molar-refractivity contribution in [2.24, 2.45) is 12.8 Å². The van der Waals surface area contributed by atoms with Crippen LogP contribution in [0, 0.1) is 0 Å². The summed E-state index contributed by atoms with van der Waals surface area (Å²) in [5.74, 6) is -0.0705. The predicted octanol–water partition coefficient (Wildman–Crippen LogP) is -0.504. The predicted molar refractivity (Wildman–Crippen MR) is 62.0 cm³/mol. The van der Waals surface area contributed by atoms with Crippen molar-refractivity contribution in [1.82, 2.24) is 14.7 Å². The minimum atomic E-state index is -0.850. The largest absolute Gasteiger partial charge is 0.379 e. The lowest BCUT2D eigenvalue weighted by atomic mass is 9.98. The van der Waals surface area contributed by atoms with Gasteiger partial charge in [0.25, 0.3) is 0 Å². The maximum atomic E-state index is 12.2. The summed E-state index contributed by atoms with van der Waals surface area (Å²) < 4.78 is 6.91. The van der Waals surface area contributed by atoms with Gasteiger partial charge in [0, 0.05) is 39.0 Å². The van der Waals surface area contributed by atoms with Crippen LogP contribution in [0.15, 0.2) is 12.4 Å². The molecule has 1 atom stereocenters. The van der Waals surface area contributed by atoms with Crippen LogP contribution in [0.3, 0.4) is 0 Å². The van der Waals surface area contributed by atoms with Gasteiger partial charge < -0.3 is 15.4 Å². The monoisotopic (exact) mass is 238 g/mol. The zero-order valence-corrected chi connectivity index (χ0v) is 10.2. The fourth-order valence-electron chi connectivity index (χ4n) is 2.03. The van der Waals surface area contributed by atoms with Crippen LogP contribution in [-0.4, -0.2) is 46.4 Å². The zero-order chi connectivity index (χ0) is 12.5. The standard InChI is InChI=1S/C11H18N4O2/c1-14(6-9-5-13-15(2)7-9)10(16)11(12)3-4-17-8-11/h5,7H,3-4,6,8,12H2,1-2H3. The molecule has 2 heterocycles. The van der Waals surface area contributed by atoms with Crippen molar-refractivity contribution in [2.45, 2.75) is 18.5 Å². The number of hydrogen-bond acceptors (Lipinski definition) is 4. The molecule has 6 heteroatoms. The first-order valence-electron chi connectivity index (χ1n) is 5.61. The maximum absolute atomic E-state index is 12.2. The SMILES string of the molecule is CN(Cc1cnn(C)c1)C(=O)C1(N)CCOC1. The third kappa shape index (κ3) is 2.48. The number of hydrogen-bond donors (Lipinski definition) is 1. The van der Waals surface area contributed by atoms with E-state index in [1.54, 1.807) is 22.8 Å². The van der Waals surface area contributed by atoms with E-state index in [4.69, 9.17) is 10.5 Å². The molecule has 1 saturated heterocycles. The van der Waals surface area contributed by atoms with Crippen LogP contribution in [0.25, 0.3) is 0 Å². The van der Waals surface area contributed by atoms with Gasteiger partial charge in [-0.3, -0.25) is 9.48 Å². The van der Waals surface area contributed by atoms with E-state index in [0.29, 0.717) is 26.2 Å². The summed E-state index contributed by atoms with van der Waals surface area (Å²) in [6, 6.07) is 0. The third-order valence-corrected chi connectivity index (χ3v) is 3.00. The lowest BCUT2D eigenvalue weighted by Crippen LogP contribution is -2.54. The Hall–Kier alpha value is -1.40. The number of aromatic nitrogens is 2. The normalized spacial score (nSPS) is 23.9. The summed E-state index contributed by atoms with van der Waals surface area (Å²) in [7, 11) is 3.60. The molecule has 2 N–H and O–H groups in total. The Morgan fingerprint density at radius 1 is 1.76 bits per heavy atom. The number of carbonyl (C=O) groups excluding carboxylic acids is 1. The van der Waals surface area contributed by atoms with E-state index >= 15 is 0 Å². The summed E-state index contributed by atoms with van der Waals surface area (Å²) in [4.78, 5) is 13.8. The molecule has 1 aromatic rings. The number of rotatable bonds is 3. The van der Waals surface area contributed by atoms with Crippen molar-refractivity contribution in [1.29, 1.82) is 0 Å². The molecule has 0 radical (unpaired) electrons. The minimum absolute atomic E-state index is 0.0705. The highest BCUT2D eigenvalue weighted by atomic mass is 16.5. The van der Waals surface area contributed by atoms with Crippen molar-refractivity contribution in [3.63, 3.8) is 0 Å². The van der Waals surface area contributed by atoms with Crippen LogP contribution in [0.2, 0.25) is 0 Å². The molecule has 1 aliphatic rings. The Morgan fingerprint density at radius 3 is 3.06 bits per heavy atom. The Balaban J connectivity index is 2.00. The van der Waals surface area contributed by atoms with Gasteiger partial charge in [-0.2, -0.15) is 5.10 Å². The second-order valence-electron chi connectivity index (χ2n) is 4.64. The van der Waals surface area contributed by atoms with Crippen LogP contribution in [-0.2, 0) is 23.1 Å². The quantitative estimate of drug-likeness (QED) is 0.770. The van der Waals surface area contributed by atoms with E-state index in [-0.39, 0.29) is 5.91 Å². The molecule has 0 aliphatic carbocycles. The number of carbonyl (C=O) groups is 1. The first-order valence-corrected chi connectivity index (χ1v) is 5.61. The van der Waals surface area contributed by atoms with Crippen molar-refractivity contribution >= 4 is 5.91 Å². The number of amides is 1. The van der Waals surface area contributed by atoms with Crippen molar-refractivity contribution in [3.8, 4) is 0 Å². The number of likely N-dealkylation sites (N-methyl/N-ethyl adjacent to an activating group) is 1. The molecular weight excluding hydrogens is 220 g/mol. The summed E-state index contributed by atoms with van der Waals surface area (Å²) >= 11 is 0. The number of aryl methyl sites for hydroxylation is 1. The number of nitrogens with two attached hydrogens (primary N) is 1. The average molecular weight is 238 g/mol. The van der Waals surface area contributed by atoms with Crippen LogP contribution in [0.1, 0.15) is 12.0 Å². The molecule has 0 spiro atoms. The zero-order valence-electron chi connectivity index (χ0n) is 10.2. The van der Waals surface area contributed by atoms with Gasteiger partial charge in [-0.1, -0.05) is 0 Å². The molecule has 17 heavy (non-hydrogen) atoms. The van der Waals surface area contributed by atoms with Crippen LogP contribution < -0.4 is 5.73 Å². The molecule has 2 rings (SSSR count).